The van der Waals surface area contributed by atoms with Crippen molar-refractivity contribution in [2.75, 3.05) is 13.1 Å². The number of amides is 1. The summed E-state index contributed by atoms with van der Waals surface area (Å²) in [6.45, 7) is 1.49. The Kier molecular flexibility index (Phi) is 5.96. The fraction of sp³-hybridized carbons (Fsp3) is 0.286. The maximum absolute atomic E-state index is 13.6. The lowest BCUT2D eigenvalue weighted by molar-refractivity contribution is -0.122. The molecular weight excluding hydrogens is 315 g/mol. The minimum Gasteiger partial charge on any atom is -0.351 e. The molecule has 3 nitrogen and oxygen atoms in total. The zero-order valence-electron chi connectivity index (χ0n) is 14.2. The Hall–Kier alpha value is -2.46. The standard InChI is InChI=1S/C21H23FN2O/c22-20-11-5-4-9-18(20)15-23-21(25)16-24-14-6-10-19(24)13-12-17-7-2-1-3-8-17/h1-5,7-9,11-13,19H,6,10,14-16H2,(H,23,25)/b13-12+. The molecule has 25 heavy (non-hydrogen) atoms. The van der Waals surface area contributed by atoms with Gasteiger partial charge in [0.15, 0.2) is 0 Å². The molecule has 1 amide bonds. The van der Waals surface area contributed by atoms with Crippen LogP contribution in [0, 0.1) is 5.82 Å². The third-order valence-corrected chi connectivity index (χ3v) is 4.51. The first kappa shape index (κ1) is 17.4. The first-order valence-corrected chi connectivity index (χ1v) is 8.70. The van der Waals surface area contributed by atoms with Crippen molar-refractivity contribution in [3.8, 4) is 0 Å². The summed E-state index contributed by atoms with van der Waals surface area (Å²) in [6, 6.07) is 17.0. The molecule has 3 rings (SSSR count). The Morgan fingerprint density at radius 1 is 1.16 bits per heavy atom. The zero-order valence-corrected chi connectivity index (χ0v) is 14.2. The highest BCUT2D eigenvalue weighted by molar-refractivity contribution is 5.78. The van der Waals surface area contributed by atoms with E-state index in [0.29, 0.717) is 12.1 Å². The minimum absolute atomic E-state index is 0.0664. The first-order chi connectivity index (χ1) is 12.2. The highest BCUT2D eigenvalue weighted by Gasteiger charge is 2.24. The molecule has 1 fully saturated rings. The molecule has 1 atom stereocenters. The number of carbonyl (C=O) groups excluding carboxylic acids is 1. The molecule has 1 heterocycles. The van der Waals surface area contributed by atoms with Crippen LogP contribution < -0.4 is 5.32 Å². The molecule has 1 aliphatic heterocycles. The van der Waals surface area contributed by atoms with Gasteiger partial charge < -0.3 is 5.32 Å². The molecule has 0 bridgehead atoms. The van der Waals surface area contributed by atoms with E-state index >= 15 is 0 Å². The summed E-state index contributed by atoms with van der Waals surface area (Å²) in [4.78, 5) is 14.4. The number of halogens is 1. The van der Waals surface area contributed by atoms with Gasteiger partial charge in [0, 0.05) is 18.2 Å². The van der Waals surface area contributed by atoms with Crippen LogP contribution in [0.3, 0.4) is 0 Å². The molecule has 0 radical (unpaired) electrons. The van der Waals surface area contributed by atoms with Crippen molar-refractivity contribution >= 4 is 12.0 Å². The third-order valence-electron chi connectivity index (χ3n) is 4.51. The van der Waals surface area contributed by atoms with Crippen LogP contribution >= 0.6 is 0 Å². The molecule has 0 saturated carbocycles. The topological polar surface area (TPSA) is 32.3 Å². The molecule has 1 unspecified atom stereocenters. The van der Waals surface area contributed by atoms with Gasteiger partial charge in [-0.2, -0.15) is 0 Å². The van der Waals surface area contributed by atoms with E-state index in [1.54, 1.807) is 18.2 Å². The van der Waals surface area contributed by atoms with E-state index in [2.05, 4.69) is 34.5 Å². The van der Waals surface area contributed by atoms with Crippen LogP contribution in [0.5, 0.6) is 0 Å². The van der Waals surface area contributed by atoms with Crippen LogP contribution in [0.1, 0.15) is 24.0 Å². The SMILES string of the molecule is O=C(CN1CCCC1/C=C/c1ccccc1)NCc1ccccc1F. The average Bonchev–Trinajstić information content (AvgIpc) is 3.07. The number of nitrogens with one attached hydrogen (secondary N) is 1. The highest BCUT2D eigenvalue weighted by atomic mass is 19.1. The number of likely N-dealkylation sites (tertiary alicyclic amines) is 1. The molecule has 1 N–H and O–H groups in total. The van der Waals surface area contributed by atoms with Crippen molar-refractivity contribution in [3.63, 3.8) is 0 Å². The van der Waals surface area contributed by atoms with E-state index in [1.807, 2.05) is 18.2 Å². The van der Waals surface area contributed by atoms with Gasteiger partial charge in [0.1, 0.15) is 5.82 Å². The van der Waals surface area contributed by atoms with Gasteiger partial charge >= 0.3 is 0 Å². The molecule has 0 aliphatic carbocycles. The van der Waals surface area contributed by atoms with E-state index in [9.17, 15) is 9.18 Å². The van der Waals surface area contributed by atoms with E-state index < -0.39 is 0 Å². The third kappa shape index (κ3) is 5.00. The monoisotopic (exact) mass is 338 g/mol. The van der Waals surface area contributed by atoms with Crippen molar-refractivity contribution in [3.05, 3.63) is 77.6 Å². The molecule has 130 valence electrons. The van der Waals surface area contributed by atoms with Crippen molar-refractivity contribution in [2.24, 2.45) is 0 Å². The van der Waals surface area contributed by atoms with E-state index in [1.165, 1.54) is 11.6 Å². The predicted octanol–water partition coefficient (Wildman–Crippen LogP) is 3.62. The van der Waals surface area contributed by atoms with Crippen LogP contribution in [0.4, 0.5) is 4.39 Å². The molecular formula is C21H23FN2O. The summed E-state index contributed by atoms with van der Waals surface area (Å²) in [5.41, 5.74) is 1.68. The van der Waals surface area contributed by atoms with Gasteiger partial charge in [0.2, 0.25) is 5.91 Å². The maximum Gasteiger partial charge on any atom is 0.234 e. The largest absolute Gasteiger partial charge is 0.351 e. The summed E-state index contributed by atoms with van der Waals surface area (Å²) in [5, 5.41) is 2.82. The molecule has 0 aromatic heterocycles. The number of rotatable bonds is 6. The smallest absolute Gasteiger partial charge is 0.234 e. The van der Waals surface area contributed by atoms with Crippen LogP contribution in [0.25, 0.3) is 6.08 Å². The number of hydrogen-bond acceptors (Lipinski definition) is 2. The summed E-state index contributed by atoms with van der Waals surface area (Å²) in [6.07, 6.45) is 6.43. The fourth-order valence-corrected chi connectivity index (χ4v) is 3.13. The lowest BCUT2D eigenvalue weighted by atomic mass is 10.1. The van der Waals surface area contributed by atoms with Gasteiger partial charge in [0.05, 0.1) is 6.54 Å². The van der Waals surface area contributed by atoms with Crippen molar-refractivity contribution < 1.29 is 9.18 Å². The van der Waals surface area contributed by atoms with E-state index in [0.717, 1.165) is 19.4 Å². The Morgan fingerprint density at radius 3 is 2.72 bits per heavy atom. The van der Waals surface area contributed by atoms with Crippen LogP contribution in [-0.4, -0.2) is 29.9 Å². The minimum atomic E-state index is -0.285. The summed E-state index contributed by atoms with van der Waals surface area (Å²) < 4.78 is 13.6. The predicted molar refractivity (Wildman–Crippen MR) is 98.3 cm³/mol. The second-order valence-electron chi connectivity index (χ2n) is 6.32. The van der Waals surface area contributed by atoms with Gasteiger partial charge in [-0.15, -0.1) is 0 Å². The summed E-state index contributed by atoms with van der Waals surface area (Å²) in [5.74, 6) is -0.351. The molecule has 0 spiro atoms. The Balaban J connectivity index is 1.51. The average molecular weight is 338 g/mol. The van der Waals surface area contributed by atoms with Gasteiger partial charge in [-0.1, -0.05) is 60.7 Å². The van der Waals surface area contributed by atoms with E-state index in [4.69, 9.17) is 0 Å². The summed E-state index contributed by atoms with van der Waals surface area (Å²) in [7, 11) is 0. The Bertz CT molecular complexity index is 730. The van der Waals surface area contributed by atoms with Crippen LogP contribution in [0.2, 0.25) is 0 Å². The number of nitrogens with zero attached hydrogens (tertiary/aromatic N) is 1. The first-order valence-electron chi connectivity index (χ1n) is 8.70. The Morgan fingerprint density at radius 2 is 1.92 bits per heavy atom. The second-order valence-corrected chi connectivity index (χ2v) is 6.32. The molecule has 4 heteroatoms. The lowest BCUT2D eigenvalue weighted by Crippen LogP contribution is -2.39. The zero-order chi connectivity index (χ0) is 17.5. The molecule has 1 saturated heterocycles. The molecule has 1 aliphatic rings. The lowest BCUT2D eigenvalue weighted by Gasteiger charge is -2.21. The maximum atomic E-state index is 13.6. The van der Waals surface area contributed by atoms with Gasteiger partial charge in [-0.3, -0.25) is 9.69 Å². The number of hydrogen-bond donors (Lipinski definition) is 1. The number of carbonyl (C=O) groups is 1. The summed E-state index contributed by atoms with van der Waals surface area (Å²) >= 11 is 0. The van der Waals surface area contributed by atoms with Crippen molar-refractivity contribution in [2.45, 2.75) is 25.4 Å². The Labute approximate surface area is 148 Å². The van der Waals surface area contributed by atoms with E-state index in [-0.39, 0.29) is 24.3 Å². The van der Waals surface area contributed by atoms with Gasteiger partial charge in [-0.25, -0.2) is 4.39 Å². The van der Waals surface area contributed by atoms with Gasteiger partial charge in [0.25, 0.3) is 0 Å². The quantitative estimate of drug-likeness (QED) is 0.872. The number of benzene rings is 2. The van der Waals surface area contributed by atoms with Crippen molar-refractivity contribution in [1.82, 2.24) is 10.2 Å². The molecule has 2 aromatic carbocycles. The van der Waals surface area contributed by atoms with Crippen LogP contribution in [-0.2, 0) is 11.3 Å². The normalized spacial score (nSPS) is 17.9. The highest BCUT2D eigenvalue weighted by Crippen LogP contribution is 2.19. The second kappa shape index (κ2) is 8.58. The van der Waals surface area contributed by atoms with Gasteiger partial charge in [-0.05, 0) is 31.0 Å². The van der Waals surface area contributed by atoms with Crippen LogP contribution in [0.15, 0.2) is 60.7 Å². The fourth-order valence-electron chi connectivity index (χ4n) is 3.13. The van der Waals surface area contributed by atoms with Crippen molar-refractivity contribution in [1.29, 1.82) is 0 Å². The molecule has 2 aromatic rings.